The molecular formula is C9H9N5O3. The minimum atomic E-state index is -0.573. The average Bonchev–Trinajstić information content (AvgIpc) is 2.34. The van der Waals surface area contributed by atoms with Gasteiger partial charge in [-0.05, 0) is 11.1 Å². The lowest BCUT2D eigenvalue weighted by atomic mass is 10.2. The summed E-state index contributed by atoms with van der Waals surface area (Å²) in [5.41, 5.74) is 8.38. The molecule has 0 aliphatic rings. The van der Waals surface area contributed by atoms with Crippen molar-refractivity contribution in [2.45, 2.75) is 0 Å². The summed E-state index contributed by atoms with van der Waals surface area (Å²) in [6.07, 6.45) is 4.58. The normalized spacial score (nSPS) is 9.94. The van der Waals surface area contributed by atoms with Crippen molar-refractivity contribution in [3.8, 4) is 5.88 Å². The minimum Gasteiger partial charge on any atom is -0.476 e. The van der Waals surface area contributed by atoms with Gasteiger partial charge in [-0.15, -0.1) is 0 Å². The highest BCUT2D eigenvalue weighted by molar-refractivity contribution is 5.55. The number of nitro groups is 1. The monoisotopic (exact) mass is 235 g/mol. The summed E-state index contributed by atoms with van der Waals surface area (Å²) in [6, 6.07) is 1.33. The summed E-state index contributed by atoms with van der Waals surface area (Å²) in [4.78, 5) is 16.5. The molecule has 0 aliphatic carbocycles. The maximum Gasteiger partial charge on any atom is 0.331 e. The van der Waals surface area contributed by atoms with Gasteiger partial charge in [-0.1, -0.05) is 17.3 Å². The van der Waals surface area contributed by atoms with E-state index >= 15 is 0 Å². The summed E-state index contributed by atoms with van der Waals surface area (Å²) >= 11 is 0. The zero-order valence-corrected chi connectivity index (χ0v) is 8.98. The number of aromatic nitrogens is 1. The van der Waals surface area contributed by atoms with Gasteiger partial charge >= 0.3 is 5.69 Å². The van der Waals surface area contributed by atoms with Crippen LogP contribution in [-0.4, -0.2) is 23.6 Å². The number of ether oxygens (including phenoxy) is 1. The predicted molar refractivity (Wildman–Crippen MR) is 60.5 cm³/mol. The van der Waals surface area contributed by atoms with Crippen LogP contribution in [0.15, 0.2) is 23.5 Å². The lowest BCUT2D eigenvalue weighted by Gasteiger charge is -2.00. The molecule has 1 aromatic rings. The molecule has 0 saturated heterocycles. The third-order valence-electron chi connectivity index (χ3n) is 1.80. The van der Waals surface area contributed by atoms with Crippen LogP contribution in [0.5, 0.6) is 5.88 Å². The number of hydrogen-bond donors (Lipinski definition) is 0. The molecule has 88 valence electrons. The lowest BCUT2D eigenvalue weighted by molar-refractivity contribution is -0.386. The molecule has 0 unspecified atom stereocenters. The van der Waals surface area contributed by atoms with Crippen LogP contribution in [0.2, 0.25) is 0 Å². The standard InChI is InChI=1S/C9H9N5O3/c1-17-9-8(14(15)16)5-7(6-11-9)3-2-4-12-13-10/h2-3,5-6H,4H2,1H3. The van der Waals surface area contributed by atoms with Crippen molar-refractivity contribution in [2.75, 3.05) is 13.7 Å². The van der Waals surface area contributed by atoms with Crippen molar-refractivity contribution in [1.29, 1.82) is 0 Å². The van der Waals surface area contributed by atoms with Crippen LogP contribution in [0.25, 0.3) is 16.5 Å². The molecule has 0 atom stereocenters. The Labute approximate surface area is 96.3 Å². The van der Waals surface area contributed by atoms with E-state index in [4.69, 9.17) is 10.3 Å². The molecule has 1 aromatic heterocycles. The van der Waals surface area contributed by atoms with E-state index in [0.717, 1.165) is 0 Å². The van der Waals surface area contributed by atoms with Crippen LogP contribution in [0.4, 0.5) is 5.69 Å². The fourth-order valence-corrected chi connectivity index (χ4v) is 1.11. The molecule has 0 saturated carbocycles. The SMILES string of the molecule is COc1ncc(C=CCN=[N+]=[N-])cc1[N+](=O)[O-]. The van der Waals surface area contributed by atoms with Gasteiger partial charge < -0.3 is 4.74 Å². The van der Waals surface area contributed by atoms with E-state index in [9.17, 15) is 10.1 Å². The number of azide groups is 1. The first-order chi connectivity index (χ1) is 8.19. The molecule has 0 N–H and O–H groups in total. The van der Waals surface area contributed by atoms with E-state index in [2.05, 4.69) is 15.0 Å². The van der Waals surface area contributed by atoms with Crippen LogP contribution in [0.1, 0.15) is 5.56 Å². The fourth-order valence-electron chi connectivity index (χ4n) is 1.11. The Morgan fingerprint density at radius 3 is 3.12 bits per heavy atom. The quantitative estimate of drug-likeness (QED) is 0.256. The Hall–Kier alpha value is -2.60. The first kappa shape index (κ1) is 12.5. The van der Waals surface area contributed by atoms with Crippen molar-refractivity contribution in [2.24, 2.45) is 5.11 Å². The van der Waals surface area contributed by atoms with Crippen LogP contribution in [-0.2, 0) is 0 Å². The molecule has 17 heavy (non-hydrogen) atoms. The molecular weight excluding hydrogens is 226 g/mol. The van der Waals surface area contributed by atoms with E-state index in [1.165, 1.54) is 19.4 Å². The van der Waals surface area contributed by atoms with E-state index in [1.54, 1.807) is 12.2 Å². The molecule has 1 heterocycles. The third kappa shape index (κ3) is 3.47. The molecule has 8 heteroatoms. The topological polar surface area (TPSA) is 114 Å². The second-order valence-corrected chi connectivity index (χ2v) is 2.87. The van der Waals surface area contributed by atoms with Crippen LogP contribution in [0, 0.1) is 10.1 Å². The van der Waals surface area contributed by atoms with Gasteiger partial charge in [0.25, 0.3) is 5.88 Å². The summed E-state index contributed by atoms with van der Waals surface area (Å²) < 4.78 is 4.76. The van der Waals surface area contributed by atoms with E-state index in [0.29, 0.717) is 5.56 Å². The number of nitrogens with zero attached hydrogens (tertiary/aromatic N) is 5. The second kappa shape index (κ2) is 6.09. The predicted octanol–water partition coefficient (Wildman–Crippen LogP) is 2.32. The highest BCUT2D eigenvalue weighted by atomic mass is 16.6. The Morgan fingerprint density at radius 2 is 2.53 bits per heavy atom. The second-order valence-electron chi connectivity index (χ2n) is 2.87. The maximum absolute atomic E-state index is 10.7. The number of methoxy groups -OCH3 is 1. The number of rotatable bonds is 5. The van der Waals surface area contributed by atoms with Gasteiger partial charge in [0.15, 0.2) is 0 Å². The van der Waals surface area contributed by atoms with Gasteiger partial charge in [0.05, 0.1) is 12.0 Å². The summed E-state index contributed by atoms with van der Waals surface area (Å²) in [5, 5.41) is 14.0. The van der Waals surface area contributed by atoms with Gasteiger partial charge in [0.2, 0.25) is 0 Å². The Kier molecular flexibility index (Phi) is 4.46. The number of pyridine rings is 1. The maximum atomic E-state index is 10.7. The smallest absolute Gasteiger partial charge is 0.331 e. The fraction of sp³-hybridized carbons (Fsp3) is 0.222. The van der Waals surface area contributed by atoms with Crippen LogP contribution < -0.4 is 4.74 Å². The van der Waals surface area contributed by atoms with Crippen LogP contribution in [0.3, 0.4) is 0 Å². The van der Waals surface area contributed by atoms with Crippen molar-refractivity contribution < 1.29 is 9.66 Å². The Bertz CT molecular complexity index is 493. The zero-order valence-electron chi connectivity index (χ0n) is 8.98. The average molecular weight is 235 g/mol. The molecule has 0 aliphatic heterocycles. The van der Waals surface area contributed by atoms with Crippen molar-refractivity contribution >= 4 is 11.8 Å². The highest BCUT2D eigenvalue weighted by Gasteiger charge is 2.15. The first-order valence-electron chi connectivity index (χ1n) is 4.55. The van der Waals surface area contributed by atoms with E-state index in [1.807, 2.05) is 0 Å². The van der Waals surface area contributed by atoms with Gasteiger partial charge in [0, 0.05) is 23.7 Å². The molecule has 0 amide bonds. The molecule has 0 radical (unpaired) electrons. The highest BCUT2D eigenvalue weighted by Crippen LogP contribution is 2.24. The van der Waals surface area contributed by atoms with Crippen molar-refractivity contribution in [3.05, 3.63) is 44.5 Å². The zero-order chi connectivity index (χ0) is 12.7. The molecule has 0 aromatic carbocycles. The molecule has 0 fully saturated rings. The molecule has 1 rings (SSSR count). The number of hydrogen-bond acceptors (Lipinski definition) is 5. The van der Waals surface area contributed by atoms with Crippen molar-refractivity contribution in [3.63, 3.8) is 0 Å². The molecule has 0 spiro atoms. The largest absolute Gasteiger partial charge is 0.476 e. The lowest BCUT2D eigenvalue weighted by Crippen LogP contribution is -1.96. The van der Waals surface area contributed by atoms with Gasteiger partial charge in [0.1, 0.15) is 0 Å². The Morgan fingerprint density at radius 1 is 1.76 bits per heavy atom. The van der Waals surface area contributed by atoms with Gasteiger partial charge in [-0.3, -0.25) is 10.1 Å². The van der Waals surface area contributed by atoms with E-state index < -0.39 is 4.92 Å². The summed E-state index contributed by atoms with van der Waals surface area (Å²) in [7, 11) is 1.31. The summed E-state index contributed by atoms with van der Waals surface area (Å²) in [6.45, 7) is 0.177. The van der Waals surface area contributed by atoms with Crippen molar-refractivity contribution in [1.82, 2.24) is 4.98 Å². The Balaban J connectivity index is 2.96. The summed E-state index contributed by atoms with van der Waals surface area (Å²) in [5.74, 6) is -0.0396. The van der Waals surface area contributed by atoms with E-state index in [-0.39, 0.29) is 18.1 Å². The van der Waals surface area contributed by atoms with Gasteiger partial charge in [-0.2, -0.15) is 0 Å². The van der Waals surface area contributed by atoms with Gasteiger partial charge in [-0.25, -0.2) is 4.98 Å². The third-order valence-corrected chi connectivity index (χ3v) is 1.80. The molecule has 8 nitrogen and oxygen atoms in total. The van der Waals surface area contributed by atoms with Crippen LogP contribution >= 0.6 is 0 Å². The first-order valence-corrected chi connectivity index (χ1v) is 4.55. The molecule has 0 bridgehead atoms. The minimum absolute atomic E-state index is 0.0396.